The predicted octanol–water partition coefficient (Wildman–Crippen LogP) is 2.76. The van der Waals surface area contributed by atoms with Gasteiger partial charge in [-0.05, 0) is 56.1 Å². The number of hydrogen-bond donors (Lipinski definition) is 2. The van der Waals surface area contributed by atoms with Crippen molar-refractivity contribution in [2.75, 3.05) is 42.5 Å². The van der Waals surface area contributed by atoms with Crippen LogP contribution in [0, 0.1) is 11.7 Å². The van der Waals surface area contributed by atoms with Gasteiger partial charge < -0.3 is 15.5 Å². The van der Waals surface area contributed by atoms with E-state index in [2.05, 4.69) is 20.5 Å². The van der Waals surface area contributed by atoms with Gasteiger partial charge in [-0.3, -0.25) is 9.88 Å². The molecule has 0 atom stereocenters. The summed E-state index contributed by atoms with van der Waals surface area (Å²) in [5.74, 6) is 0.232. The summed E-state index contributed by atoms with van der Waals surface area (Å²) in [6.45, 7) is 4.33. The maximum absolute atomic E-state index is 14.0. The molecule has 0 spiro atoms. The summed E-state index contributed by atoms with van der Waals surface area (Å²) in [6, 6.07) is 10.8. The molecule has 0 saturated carbocycles. The van der Waals surface area contributed by atoms with E-state index in [-0.39, 0.29) is 11.8 Å². The number of piperidine rings is 1. The van der Waals surface area contributed by atoms with E-state index in [1.54, 1.807) is 17.2 Å². The third-order valence-corrected chi connectivity index (χ3v) is 5.53. The summed E-state index contributed by atoms with van der Waals surface area (Å²) in [6.07, 6.45) is 3.80. The number of nitrogens with one attached hydrogen (secondary N) is 2. The predicted molar refractivity (Wildman–Crippen MR) is 108 cm³/mol. The van der Waals surface area contributed by atoms with Gasteiger partial charge in [0.15, 0.2) is 0 Å². The minimum Gasteiger partial charge on any atom is -0.362 e. The molecule has 28 heavy (non-hydrogen) atoms. The number of carbonyl (C=O) groups excluding carboxylic acids is 1. The zero-order valence-corrected chi connectivity index (χ0v) is 15.9. The Hall–Kier alpha value is -2.67. The minimum absolute atomic E-state index is 0.0605. The Morgan fingerprint density at radius 2 is 1.93 bits per heavy atom. The van der Waals surface area contributed by atoms with Crippen LogP contribution < -0.4 is 20.4 Å². The van der Waals surface area contributed by atoms with Gasteiger partial charge in [0, 0.05) is 25.8 Å². The van der Waals surface area contributed by atoms with E-state index in [0.29, 0.717) is 37.8 Å². The fourth-order valence-corrected chi connectivity index (χ4v) is 3.93. The number of amides is 2. The summed E-state index contributed by atoms with van der Waals surface area (Å²) in [4.78, 5) is 20.9. The van der Waals surface area contributed by atoms with Crippen LogP contribution in [0.5, 0.6) is 0 Å². The van der Waals surface area contributed by atoms with Crippen molar-refractivity contribution in [1.29, 1.82) is 0 Å². The van der Waals surface area contributed by atoms with Crippen LogP contribution in [-0.2, 0) is 6.54 Å². The van der Waals surface area contributed by atoms with E-state index in [1.807, 2.05) is 24.3 Å². The molecule has 1 fully saturated rings. The first kappa shape index (κ1) is 18.7. The fourth-order valence-electron chi connectivity index (χ4n) is 3.93. The average molecular weight is 383 g/mol. The molecule has 3 heterocycles. The molecule has 2 N–H and O–H groups in total. The van der Waals surface area contributed by atoms with Gasteiger partial charge >= 0.3 is 6.03 Å². The lowest BCUT2D eigenvalue weighted by atomic mass is 9.98. The molecule has 0 radical (unpaired) electrons. The van der Waals surface area contributed by atoms with Crippen LogP contribution in [0.4, 0.5) is 20.6 Å². The van der Waals surface area contributed by atoms with Crippen molar-refractivity contribution in [3.63, 3.8) is 0 Å². The Balaban J connectivity index is 1.46. The lowest BCUT2D eigenvalue weighted by Crippen LogP contribution is -2.49. The van der Waals surface area contributed by atoms with Crippen molar-refractivity contribution in [3.05, 3.63) is 54.1 Å². The second-order valence-electron chi connectivity index (χ2n) is 7.37. The third kappa shape index (κ3) is 4.09. The summed E-state index contributed by atoms with van der Waals surface area (Å²) in [5, 5.41) is 6.45. The van der Waals surface area contributed by atoms with Crippen LogP contribution in [0.1, 0.15) is 18.5 Å². The number of fused-ring (bicyclic) bond motifs is 1. The van der Waals surface area contributed by atoms with E-state index in [4.69, 9.17) is 0 Å². The van der Waals surface area contributed by atoms with Crippen molar-refractivity contribution in [2.24, 2.45) is 5.92 Å². The minimum atomic E-state index is -0.304. The molecule has 4 rings (SSSR count). The van der Waals surface area contributed by atoms with Crippen molar-refractivity contribution < 1.29 is 9.18 Å². The SMILES string of the molecule is O=C(NCC1CCNCC1)N1CCN(Cc2ncccc2F)c2ccccc21. The number of rotatable bonds is 4. The van der Waals surface area contributed by atoms with Crippen LogP contribution in [0.3, 0.4) is 0 Å². The number of carbonyl (C=O) groups is 1. The van der Waals surface area contributed by atoms with Crippen molar-refractivity contribution in [3.8, 4) is 0 Å². The summed E-state index contributed by atoms with van der Waals surface area (Å²) in [5.41, 5.74) is 2.20. The maximum Gasteiger partial charge on any atom is 0.322 e. The zero-order chi connectivity index (χ0) is 19.3. The van der Waals surface area contributed by atoms with Gasteiger partial charge in [-0.25, -0.2) is 9.18 Å². The molecule has 0 bridgehead atoms. The number of para-hydroxylation sites is 2. The molecule has 0 aliphatic carbocycles. The summed E-state index contributed by atoms with van der Waals surface area (Å²) < 4.78 is 14.0. The van der Waals surface area contributed by atoms with Crippen LogP contribution in [0.25, 0.3) is 0 Å². The number of nitrogens with zero attached hydrogens (tertiary/aromatic N) is 3. The van der Waals surface area contributed by atoms with E-state index in [0.717, 1.165) is 37.3 Å². The summed E-state index contributed by atoms with van der Waals surface area (Å²) in [7, 11) is 0. The molecule has 2 aliphatic heterocycles. The smallest absolute Gasteiger partial charge is 0.322 e. The quantitative estimate of drug-likeness (QED) is 0.852. The van der Waals surface area contributed by atoms with Crippen molar-refractivity contribution in [2.45, 2.75) is 19.4 Å². The third-order valence-electron chi connectivity index (χ3n) is 5.53. The number of benzene rings is 1. The van der Waals surface area contributed by atoms with Gasteiger partial charge in [0.2, 0.25) is 0 Å². The average Bonchev–Trinajstić information content (AvgIpc) is 2.74. The highest BCUT2D eigenvalue weighted by atomic mass is 19.1. The van der Waals surface area contributed by atoms with Crippen LogP contribution in [0.2, 0.25) is 0 Å². The second-order valence-corrected chi connectivity index (χ2v) is 7.37. The molecule has 6 nitrogen and oxygen atoms in total. The standard InChI is InChI=1S/C21H26FN5O/c22-17-4-3-9-24-18(17)15-26-12-13-27(20-6-2-1-5-19(20)26)21(28)25-14-16-7-10-23-11-8-16/h1-6,9,16,23H,7-8,10-15H2,(H,25,28). The molecule has 2 aliphatic rings. The van der Waals surface area contributed by atoms with Gasteiger partial charge in [-0.2, -0.15) is 0 Å². The lowest BCUT2D eigenvalue weighted by molar-refractivity contribution is 0.242. The second kappa shape index (κ2) is 8.56. The first-order chi connectivity index (χ1) is 13.7. The molecule has 148 valence electrons. The molecular weight excluding hydrogens is 357 g/mol. The number of hydrogen-bond acceptors (Lipinski definition) is 4. The molecule has 1 aromatic carbocycles. The highest BCUT2D eigenvalue weighted by Crippen LogP contribution is 2.33. The van der Waals surface area contributed by atoms with Gasteiger partial charge in [0.1, 0.15) is 5.82 Å². The highest BCUT2D eigenvalue weighted by molar-refractivity contribution is 5.96. The van der Waals surface area contributed by atoms with Gasteiger partial charge in [-0.15, -0.1) is 0 Å². The van der Waals surface area contributed by atoms with E-state index < -0.39 is 0 Å². The van der Waals surface area contributed by atoms with Crippen LogP contribution >= 0.6 is 0 Å². The number of urea groups is 1. The molecule has 0 unspecified atom stereocenters. The Labute approximate surface area is 164 Å². The first-order valence-corrected chi connectivity index (χ1v) is 9.92. The lowest BCUT2D eigenvalue weighted by Gasteiger charge is -2.37. The Morgan fingerprint density at radius 3 is 2.71 bits per heavy atom. The van der Waals surface area contributed by atoms with Crippen molar-refractivity contribution >= 4 is 17.4 Å². The molecule has 1 aromatic heterocycles. The largest absolute Gasteiger partial charge is 0.362 e. The van der Waals surface area contributed by atoms with Gasteiger partial charge in [0.05, 0.1) is 23.6 Å². The van der Waals surface area contributed by atoms with Crippen LogP contribution in [0.15, 0.2) is 42.6 Å². The number of anilines is 2. The Kier molecular flexibility index (Phi) is 5.71. The highest BCUT2D eigenvalue weighted by Gasteiger charge is 2.27. The molecule has 7 heteroatoms. The van der Waals surface area contributed by atoms with Crippen LogP contribution in [-0.4, -0.2) is 43.7 Å². The molecule has 2 aromatic rings. The van der Waals surface area contributed by atoms with Gasteiger partial charge in [-0.1, -0.05) is 12.1 Å². The van der Waals surface area contributed by atoms with E-state index in [9.17, 15) is 9.18 Å². The molecular formula is C21H26FN5O. The first-order valence-electron chi connectivity index (χ1n) is 9.92. The topological polar surface area (TPSA) is 60.5 Å². The monoisotopic (exact) mass is 383 g/mol. The number of aromatic nitrogens is 1. The van der Waals surface area contributed by atoms with E-state index >= 15 is 0 Å². The van der Waals surface area contributed by atoms with Gasteiger partial charge in [0.25, 0.3) is 0 Å². The Morgan fingerprint density at radius 1 is 1.14 bits per heavy atom. The normalized spacial score (nSPS) is 17.3. The molecule has 1 saturated heterocycles. The molecule has 2 amide bonds. The van der Waals surface area contributed by atoms with E-state index in [1.165, 1.54) is 6.07 Å². The summed E-state index contributed by atoms with van der Waals surface area (Å²) >= 11 is 0. The fraction of sp³-hybridized carbons (Fsp3) is 0.429. The number of halogens is 1. The maximum atomic E-state index is 14.0. The Bertz CT molecular complexity index is 824. The number of pyridine rings is 1. The van der Waals surface area contributed by atoms with Crippen molar-refractivity contribution in [1.82, 2.24) is 15.6 Å². The zero-order valence-electron chi connectivity index (χ0n) is 15.9.